The van der Waals surface area contributed by atoms with E-state index in [-0.39, 0.29) is 5.91 Å². The van der Waals surface area contributed by atoms with Crippen molar-refractivity contribution in [3.05, 3.63) is 18.2 Å². The molecule has 0 atom stereocenters. The van der Waals surface area contributed by atoms with Crippen molar-refractivity contribution in [2.75, 3.05) is 6.54 Å². The van der Waals surface area contributed by atoms with Crippen LogP contribution in [0.3, 0.4) is 0 Å². The second-order valence-corrected chi connectivity index (χ2v) is 6.46. The van der Waals surface area contributed by atoms with Crippen LogP contribution in [0.5, 0.6) is 0 Å². The molecular weight excluding hydrogens is 264 g/mol. The maximum Gasteiger partial charge on any atom is 0.240 e. The minimum absolute atomic E-state index is 0.0981. The number of carbonyl (C=O) groups excluding carboxylic acids is 1. The first-order chi connectivity index (χ1) is 10.1. The SMILES string of the molecule is CC(C)CNCc1cn(CC(=O)NC2CCCCC2)cn1. The lowest BCUT2D eigenvalue weighted by molar-refractivity contribution is -0.122. The van der Waals surface area contributed by atoms with E-state index in [0.717, 1.165) is 31.6 Å². The van der Waals surface area contributed by atoms with Crippen LogP contribution >= 0.6 is 0 Å². The van der Waals surface area contributed by atoms with E-state index in [1.54, 1.807) is 6.33 Å². The topological polar surface area (TPSA) is 59.0 Å². The van der Waals surface area contributed by atoms with Crippen molar-refractivity contribution in [2.45, 2.75) is 65.1 Å². The third kappa shape index (κ3) is 5.87. The van der Waals surface area contributed by atoms with Gasteiger partial charge in [0.05, 0.1) is 12.0 Å². The normalized spacial score (nSPS) is 16.3. The van der Waals surface area contributed by atoms with Gasteiger partial charge in [-0.15, -0.1) is 0 Å². The van der Waals surface area contributed by atoms with Gasteiger partial charge in [0, 0.05) is 18.8 Å². The molecule has 5 nitrogen and oxygen atoms in total. The zero-order valence-corrected chi connectivity index (χ0v) is 13.3. The summed E-state index contributed by atoms with van der Waals surface area (Å²) in [6.07, 6.45) is 9.73. The van der Waals surface area contributed by atoms with Crippen molar-refractivity contribution in [1.82, 2.24) is 20.2 Å². The molecule has 0 spiro atoms. The maximum absolute atomic E-state index is 12.0. The highest BCUT2D eigenvalue weighted by molar-refractivity contribution is 5.76. The molecule has 1 saturated carbocycles. The van der Waals surface area contributed by atoms with Crippen molar-refractivity contribution in [1.29, 1.82) is 0 Å². The number of amides is 1. The molecule has 5 heteroatoms. The van der Waals surface area contributed by atoms with E-state index in [0.29, 0.717) is 18.5 Å². The van der Waals surface area contributed by atoms with Crippen LogP contribution in [0.1, 0.15) is 51.6 Å². The molecule has 0 radical (unpaired) electrons. The Bertz CT molecular complexity index is 435. The fourth-order valence-corrected chi connectivity index (χ4v) is 2.76. The molecule has 1 fully saturated rings. The van der Waals surface area contributed by atoms with Crippen molar-refractivity contribution in [3.8, 4) is 0 Å². The number of hydrogen-bond acceptors (Lipinski definition) is 3. The van der Waals surface area contributed by atoms with Gasteiger partial charge < -0.3 is 15.2 Å². The summed E-state index contributed by atoms with van der Waals surface area (Å²) in [5, 5.41) is 6.49. The lowest BCUT2D eigenvalue weighted by Gasteiger charge is -2.22. The summed E-state index contributed by atoms with van der Waals surface area (Å²) < 4.78 is 1.87. The predicted molar refractivity (Wildman–Crippen MR) is 83.8 cm³/mol. The highest BCUT2D eigenvalue weighted by atomic mass is 16.2. The van der Waals surface area contributed by atoms with E-state index >= 15 is 0 Å². The number of nitrogens with zero attached hydrogens (tertiary/aromatic N) is 2. The summed E-state index contributed by atoms with van der Waals surface area (Å²) in [6.45, 7) is 6.47. The summed E-state index contributed by atoms with van der Waals surface area (Å²) in [4.78, 5) is 16.4. The first-order valence-corrected chi connectivity index (χ1v) is 8.14. The van der Waals surface area contributed by atoms with E-state index in [2.05, 4.69) is 29.5 Å². The molecule has 1 aliphatic rings. The van der Waals surface area contributed by atoms with Crippen molar-refractivity contribution in [2.24, 2.45) is 5.92 Å². The van der Waals surface area contributed by atoms with Gasteiger partial charge in [-0.05, 0) is 25.3 Å². The largest absolute Gasteiger partial charge is 0.352 e. The first kappa shape index (κ1) is 16.0. The smallest absolute Gasteiger partial charge is 0.240 e. The molecule has 0 aliphatic heterocycles. The minimum atomic E-state index is 0.0981. The standard InChI is InChI=1S/C16H28N4O/c1-13(2)8-17-9-15-10-20(12-18-15)11-16(21)19-14-6-4-3-5-7-14/h10,12-14,17H,3-9,11H2,1-2H3,(H,19,21). The van der Waals surface area contributed by atoms with Gasteiger partial charge in [-0.1, -0.05) is 33.1 Å². The van der Waals surface area contributed by atoms with Gasteiger partial charge in [0.2, 0.25) is 5.91 Å². The van der Waals surface area contributed by atoms with Crippen LogP contribution in [-0.4, -0.2) is 28.0 Å². The number of carbonyl (C=O) groups is 1. The summed E-state index contributed by atoms with van der Waals surface area (Å²) in [5.74, 6) is 0.731. The number of rotatable bonds is 7. The average Bonchev–Trinajstić information content (AvgIpc) is 2.86. The fraction of sp³-hybridized carbons (Fsp3) is 0.750. The zero-order valence-electron chi connectivity index (χ0n) is 13.3. The highest BCUT2D eigenvalue weighted by Gasteiger charge is 2.15. The summed E-state index contributed by atoms with van der Waals surface area (Å²) >= 11 is 0. The Morgan fingerprint density at radius 1 is 1.38 bits per heavy atom. The fourth-order valence-electron chi connectivity index (χ4n) is 2.76. The maximum atomic E-state index is 12.0. The van der Waals surface area contributed by atoms with Crippen LogP contribution in [0, 0.1) is 5.92 Å². The Kier molecular flexibility index (Phi) is 6.23. The van der Waals surface area contributed by atoms with Gasteiger partial charge in [0.25, 0.3) is 0 Å². The molecule has 1 heterocycles. The lowest BCUT2D eigenvalue weighted by atomic mass is 9.95. The first-order valence-electron chi connectivity index (χ1n) is 8.14. The molecule has 0 aromatic carbocycles. The Hall–Kier alpha value is -1.36. The zero-order chi connectivity index (χ0) is 15.1. The van der Waals surface area contributed by atoms with Crippen LogP contribution in [0.4, 0.5) is 0 Å². The Labute approximate surface area is 127 Å². The van der Waals surface area contributed by atoms with Gasteiger partial charge in [0.1, 0.15) is 6.54 Å². The number of nitrogens with one attached hydrogen (secondary N) is 2. The van der Waals surface area contributed by atoms with Gasteiger partial charge in [0.15, 0.2) is 0 Å². The molecule has 21 heavy (non-hydrogen) atoms. The lowest BCUT2D eigenvalue weighted by Crippen LogP contribution is -2.38. The summed E-state index contributed by atoms with van der Waals surface area (Å²) in [7, 11) is 0. The quantitative estimate of drug-likeness (QED) is 0.809. The van der Waals surface area contributed by atoms with Gasteiger partial charge in [-0.25, -0.2) is 4.98 Å². The molecule has 1 aliphatic carbocycles. The molecule has 0 bridgehead atoms. The van der Waals surface area contributed by atoms with Crippen LogP contribution < -0.4 is 10.6 Å². The number of hydrogen-bond donors (Lipinski definition) is 2. The molecule has 2 rings (SSSR count). The van der Waals surface area contributed by atoms with Crippen LogP contribution in [0.25, 0.3) is 0 Å². The second kappa shape index (κ2) is 8.17. The molecule has 0 saturated heterocycles. The van der Waals surface area contributed by atoms with E-state index in [9.17, 15) is 4.79 Å². The average molecular weight is 292 g/mol. The van der Waals surface area contributed by atoms with Crippen molar-refractivity contribution in [3.63, 3.8) is 0 Å². The van der Waals surface area contributed by atoms with Gasteiger partial charge in [-0.2, -0.15) is 0 Å². The third-order valence-electron chi connectivity index (χ3n) is 3.84. The van der Waals surface area contributed by atoms with E-state index in [1.165, 1.54) is 19.3 Å². The molecule has 2 N–H and O–H groups in total. The van der Waals surface area contributed by atoms with Crippen molar-refractivity contribution >= 4 is 5.91 Å². The van der Waals surface area contributed by atoms with E-state index in [1.807, 2.05) is 10.8 Å². The summed E-state index contributed by atoms with van der Waals surface area (Å²) in [5.41, 5.74) is 0.987. The van der Waals surface area contributed by atoms with Crippen LogP contribution in [-0.2, 0) is 17.9 Å². The molecule has 1 amide bonds. The molecule has 1 aromatic heterocycles. The Balaban J connectivity index is 1.72. The van der Waals surface area contributed by atoms with Gasteiger partial charge in [-0.3, -0.25) is 4.79 Å². The number of aromatic nitrogens is 2. The third-order valence-corrected chi connectivity index (χ3v) is 3.84. The number of imidazole rings is 1. The Morgan fingerprint density at radius 2 is 2.14 bits per heavy atom. The molecule has 0 unspecified atom stereocenters. The van der Waals surface area contributed by atoms with Crippen LogP contribution in [0.2, 0.25) is 0 Å². The van der Waals surface area contributed by atoms with Crippen LogP contribution in [0.15, 0.2) is 12.5 Å². The summed E-state index contributed by atoms with van der Waals surface area (Å²) in [6, 6.07) is 0.377. The predicted octanol–water partition coefficient (Wildman–Crippen LogP) is 2.08. The molecule has 118 valence electrons. The Morgan fingerprint density at radius 3 is 2.86 bits per heavy atom. The highest BCUT2D eigenvalue weighted by Crippen LogP contribution is 2.17. The van der Waals surface area contributed by atoms with Gasteiger partial charge >= 0.3 is 0 Å². The van der Waals surface area contributed by atoms with E-state index in [4.69, 9.17) is 0 Å². The second-order valence-electron chi connectivity index (χ2n) is 6.46. The molecular formula is C16H28N4O. The monoisotopic (exact) mass is 292 g/mol. The van der Waals surface area contributed by atoms with E-state index < -0.39 is 0 Å². The van der Waals surface area contributed by atoms with Crippen molar-refractivity contribution < 1.29 is 4.79 Å². The minimum Gasteiger partial charge on any atom is -0.352 e. The molecule has 1 aromatic rings.